The Kier molecular flexibility index (Phi) is 4.00. The van der Waals surface area contributed by atoms with E-state index in [-0.39, 0.29) is 0 Å². The number of nitrogen functional groups attached to an aromatic ring is 1. The van der Waals surface area contributed by atoms with Gasteiger partial charge in [0.05, 0.1) is 18.4 Å². The number of hydrogen-bond donors (Lipinski definition) is 1. The highest BCUT2D eigenvalue weighted by molar-refractivity contribution is 5.28. The molecule has 2 unspecified atom stereocenters. The highest BCUT2D eigenvalue weighted by Crippen LogP contribution is 2.30. The summed E-state index contributed by atoms with van der Waals surface area (Å²) in [6, 6.07) is 5.69. The molecule has 3 nitrogen and oxygen atoms in total. The van der Waals surface area contributed by atoms with Gasteiger partial charge >= 0.3 is 0 Å². The van der Waals surface area contributed by atoms with E-state index in [1.54, 1.807) is 6.07 Å². The molecule has 17 heavy (non-hydrogen) atoms. The van der Waals surface area contributed by atoms with Gasteiger partial charge < -0.3 is 10.5 Å². The second-order valence-corrected chi connectivity index (χ2v) is 5.40. The lowest BCUT2D eigenvalue weighted by Gasteiger charge is -2.31. The summed E-state index contributed by atoms with van der Waals surface area (Å²) in [5, 5.41) is 0. The van der Waals surface area contributed by atoms with Crippen molar-refractivity contribution in [1.82, 2.24) is 4.98 Å². The summed E-state index contributed by atoms with van der Waals surface area (Å²) in [4.78, 5) is 4.25. The van der Waals surface area contributed by atoms with Crippen molar-refractivity contribution in [3.05, 3.63) is 23.9 Å². The molecule has 1 aliphatic carbocycles. The second-order valence-electron chi connectivity index (χ2n) is 5.40. The molecule has 0 spiro atoms. The molecular formula is C14H22N2O. The Balaban J connectivity index is 1.85. The van der Waals surface area contributed by atoms with E-state index in [1.165, 1.54) is 19.3 Å². The summed E-state index contributed by atoms with van der Waals surface area (Å²) in [5.41, 5.74) is 6.57. The predicted molar refractivity (Wildman–Crippen MR) is 69.4 cm³/mol. The molecule has 1 aliphatic rings. The fourth-order valence-electron chi connectivity index (χ4n) is 2.79. The molecule has 0 aliphatic heterocycles. The van der Waals surface area contributed by atoms with Crippen molar-refractivity contribution in [2.75, 3.05) is 5.73 Å². The van der Waals surface area contributed by atoms with Crippen LogP contribution in [0.3, 0.4) is 0 Å². The fourth-order valence-corrected chi connectivity index (χ4v) is 2.79. The van der Waals surface area contributed by atoms with Crippen LogP contribution in [0.15, 0.2) is 18.2 Å². The molecule has 0 saturated heterocycles. The van der Waals surface area contributed by atoms with Crippen LogP contribution < -0.4 is 5.73 Å². The maximum absolute atomic E-state index is 5.95. The molecule has 2 rings (SSSR count). The average molecular weight is 234 g/mol. The van der Waals surface area contributed by atoms with E-state index >= 15 is 0 Å². The highest BCUT2D eigenvalue weighted by Gasteiger charge is 2.24. The highest BCUT2D eigenvalue weighted by atomic mass is 16.5. The van der Waals surface area contributed by atoms with Gasteiger partial charge in [0, 0.05) is 0 Å². The number of aromatic nitrogens is 1. The molecule has 94 valence electrons. The molecule has 0 radical (unpaired) electrons. The lowest BCUT2D eigenvalue weighted by atomic mass is 9.82. The average Bonchev–Trinajstić information content (AvgIpc) is 2.25. The zero-order valence-corrected chi connectivity index (χ0v) is 10.7. The molecule has 0 bridgehead atoms. The largest absolute Gasteiger partial charge is 0.384 e. The van der Waals surface area contributed by atoms with Gasteiger partial charge in [0.2, 0.25) is 0 Å². The summed E-state index contributed by atoms with van der Waals surface area (Å²) >= 11 is 0. The van der Waals surface area contributed by atoms with Crippen molar-refractivity contribution < 1.29 is 4.74 Å². The Morgan fingerprint density at radius 3 is 2.59 bits per heavy atom. The van der Waals surface area contributed by atoms with E-state index < -0.39 is 0 Å². The molecular weight excluding hydrogens is 212 g/mol. The summed E-state index contributed by atoms with van der Waals surface area (Å²) in [6.07, 6.45) is 4.06. The Morgan fingerprint density at radius 2 is 1.94 bits per heavy atom. The SMILES string of the molecule is CC1CC(C)CC(OCc2cccc(N)n2)C1. The maximum atomic E-state index is 5.95. The molecule has 2 atom stereocenters. The predicted octanol–water partition coefficient (Wildman–Crippen LogP) is 3.01. The number of nitrogens with two attached hydrogens (primary N) is 1. The van der Waals surface area contributed by atoms with Crippen molar-refractivity contribution in [2.24, 2.45) is 11.8 Å². The van der Waals surface area contributed by atoms with Crippen LogP contribution >= 0.6 is 0 Å². The van der Waals surface area contributed by atoms with Crippen molar-refractivity contribution >= 4 is 5.82 Å². The minimum Gasteiger partial charge on any atom is -0.384 e. The number of nitrogens with zero attached hydrogens (tertiary/aromatic N) is 1. The molecule has 0 amide bonds. The van der Waals surface area contributed by atoms with Gasteiger partial charge in [0.25, 0.3) is 0 Å². The van der Waals surface area contributed by atoms with E-state index in [2.05, 4.69) is 18.8 Å². The smallest absolute Gasteiger partial charge is 0.123 e. The van der Waals surface area contributed by atoms with Crippen LogP contribution in [0.5, 0.6) is 0 Å². The third-order valence-electron chi connectivity index (χ3n) is 3.43. The minimum atomic E-state index is 0.386. The van der Waals surface area contributed by atoms with E-state index in [0.717, 1.165) is 17.5 Å². The first kappa shape index (κ1) is 12.4. The van der Waals surface area contributed by atoms with Gasteiger partial charge in [0.1, 0.15) is 5.82 Å². The van der Waals surface area contributed by atoms with Crippen molar-refractivity contribution in [3.8, 4) is 0 Å². The van der Waals surface area contributed by atoms with Gasteiger partial charge in [0.15, 0.2) is 0 Å². The molecule has 2 N–H and O–H groups in total. The molecule has 1 heterocycles. The van der Waals surface area contributed by atoms with Gasteiger partial charge in [-0.05, 0) is 43.2 Å². The first-order valence-electron chi connectivity index (χ1n) is 6.46. The molecule has 3 heteroatoms. The lowest BCUT2D eigenvalue weighted by Crippen LogP contribution is -2.26. The van der Waals surface area contributed by atoms with Gasteiger partial charge in [-0.1, -0.05) is 19.9 Å². The Hall–Kier alpha value is -1.09. The van der Waals surface area contributed by atoms with Crippen molar-refractivity contribution in [2.45, 2.75) is 45.8 Å². The first-order chi connectivity index (χ1) is 8.13. The lowest BCUT2D eigenvalue weighted by molar-refractivity contribution is -0.0104. The quantitative estimate of drug-likeness (QED) is 0.874. The maximum Gasteiger partial charge on any atom is 0.123 e. The van der Waals surface area contributed by atoms with Crippen LogP contribution in [-0.2, 0) is 11.3 Å². The summed E-state index contributed by atoms with van der Waals surface area (Å²) < 4.78 is 5.95. The molecule has 1 aromatic heterocycles. The van der Waals surface area contributed by atoms with Gasteiger partial charge in [-0.15, -0.1) is 0 Å². The number of rotatable bonds is 3. The molecule has 1 saturated carbocycles. The Labute approximate surface area is 103 Å². The van der Waals surface area contributed by atoms with Crippen LogP contribution in [0.25, 0.3) is 0 Å². The zero-order valence-electron chi connectivity index (χ0n) is 10.7. The van der Waals surface area contributed by atoms with E-state index in [1.807, 2.05) is 12.1 Å². The van der Waals surface area contributed by atoms with Gasteiger partial charge in [-0.2, -0.15) is 0 Å². The number of anilines is 1. The Morgan fingerprint density at radius 1 is 1.24 bits per heavy atom. The van der Waals surface area contributed by atoms with Crippen LogP contribution in [0.4, 0.5) is 5.82 Å². The van der Waals surface area contributed by atoms with Crippen molar-refractivity contribution in [1.29, 1.82) is 0 Å². The third-order valence-corrected chi connectivity index (χ3v) is 3.43. The van der Waals surface area contributed by atoms with E-state index in [9.17, 15) is 0 Å². The van der Waals surface area contributed by atoms with Crippen LogP contribution in [0, 0.1) is 11.8 Å². The number of ether oxygens (including phenoxy) is 1. The zero-order chi connectivity index (χ0) is 12.3. The van der Waals surface area contributed by atoms with Crippen LogP contribution in [0.2, 0.25) is 0 Å². The fraction of sp³-hybridized carbons (Fsp3) is 0.643. The normalized spacial score (nSPS) is 29.2. The van der Waals surface area contributed by atoms with Crippen LogP contribution in [0.1, 0.15) is 38.8 Å². The summed E-state index contributed by atoms with van der Waals surface area (Å²) in [6.45, 7) is 5.20. The molecule has 1 aromatic rings. The van der Waals surface area contributed by atoms with Gasteiger partial charge in [-0.3, -0.25) is 0 Å². The van der Waals surface area contributed by atoms with E-state index in [0.29, 0.717) is 18.5 Å². The molecule has 1 fully saturated rings. The topological polar surface area (TPSA) is 48.1 Å². The van der Waals surface area contributed by atoms with Crippen molar-refractivity contribution in [3.63, 3.8) is 0 Å². The first-order valence-corrected chi connectivity index (χ1v) is 6.46. The minimum absolute atomic E-state index is 0.386. The summed E-state index contributed by atoms with van der Waals surface area (Å²) in [7, 11) is 0. The third kappa shape index (κ3) is 3.70. The number of hydrogen-bond acceptors (Lipinski definition) is 3. The van der Waals surface area contributed by atoms with Gasteiger partial charge in [-0.25, -0.2) is 4.98 Å². The molecule has 0 aromatic carbocycles. The summed E-state index contributed by atoms with van der Waals surface area (Å²) in [5.74, 6) is 2.12. The Bertz CT molecular complexity index is 357. The van der Waals surface area contributed by atoms with Crippen LogP contribution in [-0.4, -0.2) is 11.1 Å². The van der Waals surface area contributed by atoms with E-state index in [4.69, 9.17) is 10.5 Å². The second kappa shape index (κ2) is 5.50. The number of pyridine rings is 1. The monoisotopic (exact) mass is 234 g/mol. The standard InChI is InChI=1S/C14H22N2O/c1-10-6-11(2)8-13(7-10)17-9-12-4-3-5-14(15)16-12/h3-5,10-11,13H,6-9H2,1-2H3,(H2,15,16).